The number of aromatic nitrogens is 8. The molecule has 3 saturated heterocycles. The number of anilines is 2. The molecule has 3 aliphatic heterocycles. The Morgan fingerprint density at radius 2 is 1.32 bits per heavy atom. The number of rotatable bonds is 14. The quantitative estimate of drug-likeness (QED) is 0.0530. The number of hydrogen-bond acceptors (Lipinski definition) is 23. The van der Waals surface area contributed by atoms with Crippen LogP contribution in [0.2, 0.25) is 0 Å². The van der Waals surface area contributed by atoms with Crippen molar-refractivity contribution >= 4 is 38.4 Å². The summed E-state index contributed by atoms with van der Waals surface area (Å²) in [7, 11) is -10.7. The molecule has 2 unspecified atom stereocenters. The molecule has 4 aromatic heterocycles. The van der Waals surface area contributed by atoms with Crippen LogP contribution in [0.1, 0.15) is 18.7 Å². The first-order chi connectivity index (χ1) is 27.9. The van der Waals surface area contributed by atoms with Crippen LogP contribution in [0.25, 0.3) is 11.2 Å². The Kier molecular flexibility index (Phi) is 12.0. The average molecular weight is 879 g/mol. The van der Waals surface area contributed by atoms with Crippen LogP contribution in [-0.2, 0) is 41.4 Å². The van der Waals surface area contributed by atoms with Crippen LogP contribution in [-0.4, -0.2) is 149 Å². The molecule has 29 nitrogen and oxygen atoms in total. The number of nitrogens with one attached hydrogen (secondary N) is 1. The Bertz CT molecular complexity index is 2450. The Labute approximate surface area is 327 Å². The third-order valence-corrected chi connectivity index (χ3v) is 11.3. The van der Waals surface area contributed by atoms with Crippen molar-refractivity contribution in [2.45, 2.75) is 73.6 Å². The summed E-state index contributed by atoms with van der Waals surface area (Å²) in [4.78, 5) is 75.0. The highest BCUT2D eigenvalue weighted by Gasteiger charge is 2.53. The molecule has 0 radical (unpaired) electrons. The van der Waals surface area contributed by atoms with E-state index in [1.165, 1.54) is 6.07 Å². The summed E-state index contributed by atoms with van der Waals surface area (Å²) < 4.78 is 66.7. The first-order valence-electron chi connectivity index (χ1n) is 17.1. The van der Waals surface area contributed by atoms with Gasteiger partial charge in [0.25, 0.3) is 5.56 Å². The Hall–Kier alpha value is -4.39. The number of phosphoric acid groups is 2. The second-order valence-electron chi connectivity index (χ2n) is 13.2. The van der Waals surface area contributed by atoms with E-state index in [1.807, 2.05) is 4.98 Å². The third-order valence-electron chi connectivity index (χ3n) is 9.36. The summed E-state index contributed by atoms with van der Waals surface area (Å²) in [6.45, 7) is -2.90. The molecule has 7 rings (SSSR count). The van der Waals surface area contributed by atoms with Gasteiger partial charge in [-0.05, 0) is 6.07 Å². The van der Waals surface area contributed by atoms with Crippen molar-refractivity contribution in [1.82, 2.24) is 38.6 Å². The van der Waals surface area contributed by atoms with E-state index in [0.29, 0.717) is 0 Å². The summed E-state index contributed by atoms with van der Waals surface area (Å²) in [5, 5.41) is 53.3. The largest absolute Gasteiger partial charge is 0.472 e. The van der Waals surface area contributed by atoms with Gasteiger partial charge in [0.15, 0.2) is 30.1 Å². The van der Waals surface area contributed by atoms with Gasteiger partial charge in [-0.1, -0.05) is 0 Å². The highest BCUT2D eigenvalue weighted by Crippen LogP contribution is 2.52. The molecule has 4 aromatic rings. The monoisotopic (exact) mass is 878 g/mol. The molecule has 12 N–H and O–H groups in total. The lowest BCUT2D eigenvalue weighted by atomic mass is 10.1. The van der Waals surface area contributed by atoms with Crippen molar-refractivity contribution < 1.29 is 76.8 Å². The van der Waals surface area contributed by atoms with E-state index in [2.05, 4.69) is 19.9 Å². The first kappa shape index (κ1) is 42.7. The summed E-state index contributed by atoms with van der Waals surface area (Å²) in [6.07, 6.45) is -16.4. The topological polar surface area (TPSA) is 426 Å². The first-order valence-corrected chi connectivity index (χ1v) is 20.1. The summed E-state index contributed by atoms with van der Waals surface area (Å²) in [5.41, 5.74) is 8.73. The van der Waals surface area contributed by atoms with Crippen molar-refractivity contribution in [2.75, 3.05) is 31.3 Å². The lowest BCUT2D eigenvalue weighted by Crippen LogP contribution is -2.38. The van der Waals surface area contributed by atoms with E-state index in [1.54, 1.807) is 0 Å². The van der Waals surface area contributed by atoms with Crippen molar-refractivity contribution in [1.29, 1.82) is 0 Å². The average Bonchev–Trinajstić information content (AvgIpc) is 3.90. The number of phosphoric ester groups is 2. The van der Waals surface area contributed by atoms with Crippen molar-refractivity contribution in [3.63, 3.8) is 0 Å². The molecule has 59 heavy (non-hydrogen) atoms. The van der Waals surface area contributed by atoms with Crippen LogP contribution in [0, 0.1) is 0 Å². The molecule has 0 amide bonds. The van der Waals surface area contributed by atoms with Gasteiger partial charge in [-0.25, -0.2) is 33.7 Å². The fourth-order valence-corrected chi connectivity index (χ4v) is 8.47. The minimum absolute atomic E-state index is 0.0128. The smallest absolute Gasteiger partial charge is 0.394 e. The molecule has 0 aromatic carbocycles. The molecule has 0 bridgehead atoms. The van der Waals surface area contributed by atoms with Gasteiger partial charge in [0.2, 0.25) is 0 Å². The van der Waals surface area contributed by atoms with Crippen LogP contribution in [0.15, 0.2) is 51.6 Å². The lowest BCUT2D eigenvalue weighted by Gasteiger charge is -2.25. The van der Waals surface area contributed by atoms with Crippen LogP contribution in [0.3, 0.4) is 0 Å². The minimum Gasteiger partial charge on any atom is -0.394 e. The predicted molar refractivity (Wildman–Crippen MR) is 188 cm³/mol. The fraction of sp³-hybridized carbons (Fsp3) is 0.536. The van der Waals surface area contributed by atoms with Crippen molar-refractivity contribution in [3.8, 4) is 0 Å². The number of hydrogen-bond donors (Lipinski definition) is 10. The highest BCUT2D eigenvalue weighted by atomic mass is 31.2. The zero-order valence-electron chi connectivity index (χ0n) is 29.7. The maximum absolute atomic E-state index is 13.3. The van der Waals surface area contributed by atoms with Crippen molar-refractivity contribution in [3.05, 3.63) is 68.5 Å². The molecular weight excluding hydrogens is 842 g/mol. The SMILES string of the molecule is Nc1ccn([C@@H]2O[C@H](CO)[C@@H](OP(=O)(O)OC[C@H]3O[C@@H](n4cnc5c(N)ncnc54)[C@H](O)[C@@H]3OP(=O)(O)OC[C@H]3O[C@@H](n4ccc(=O)[nH]c4=O)[C@H](O)[C@@H]3O)[C@H]2O)c(=O)n1. The molecule has 31 heteroatoms. The predicted octanol–water partition coefficient (Wildman–Crippen LogP) is -5.07. The van der Waals surface area contributed by atoms with Crippen LogP contribution >= 0.6 is 15.6 Å². The van der Waals surface area contributed by atoms with Gasteiger partial charge in [-0.3, -0.25) is 41.6 Å². The van der Waals surface area contributed by atoms with E-state index in [0.717, 1.165) is 44.8 Å². The van der Waals surface area contributed by atoms with Gasteiger partial charge in [-0.15, -0.1) is 0 Å². The molecule has 0 aliphatic carbocycles. The number of imidazole rings is 1. The molecule has 7 heterocycles. The molecule has 0 spiro atoms. The van der Waals surface area contributed by atoms with E-state index < -0.39 is 126 Å². The van der Waals surface area contributed by atoms with Gasteiger partial charge in [-0.2, -0.15) is 4.98 Å². The Morgan fingerprint density at radius 1 is 0.746 bits per heavy atom. The van der Waals surface area contributed by atoms with Gasteiger partial charge >= 0.3 is 27.0 Å². The molecule has 3 fully saturated rings. The second-order valence-corrected chi connectivity index (χ2v) is 16.0. The molecule has 322 valence electrons. The van der Waals surface area contributed by atoms with Gasteiger partial charge in [0.1, 0.15) is 72.6 Å². The number of nitrogens with zero attached hydrogens (tertiary/aromatic N) is 7. The molecule has 3 aliphatic rings. The number of fused-ring (bicyclic) bond motifs is 1. The van der Waals surface area contributed by atoms with E-state index in [9.17, 15) is 58.8 Å². The lowest BCUT2D eigenvalue weighted by molar-refractivity contribution is -0.0633. The fourth-order valence-electron chi connectivity index (χ4n) is 6.54. The highest BCUT2D eigenvalue weighted by molar-refractivity contribution is 7.47. The Balaban J connectivity index is 1.07. The van der Waals surface area contributed by atoms with Crippen LogP contribution in [0.4, 0.5) is 11.6 Å². The number of aliphatic hydroxyl groups is 5. The summed E-state index contributed by atoms with van der Waals surface area (Å²) in [5.74, 6) is -0.212. The molecule has 0 saturated carbocycles. The van der Waals surface area contributed by atoms with E-state index in [-0.39, 0.29) is 22.8 Å². The molecule has 14 atom stereocenters. The Morgan fingerprint density at radius 3 is 1.97 bits per heavy atom. The number of ether oxygens (including phenoxy) is 3. The number of nitrogens with two attached hydrogens (primary N) is 2. The van der Waals surface area contributed by atoms with Gasteiger partial charge in [0, 0.05) is 18.5 Å². The second kappa shape index (κ2) is 16.6. The number of aliphatic hydroxyl groups excluding tert-OH is 5. The number of H-pyrrole nitrogens is 1. The molecular formula is C28H36N10O19P2. The van der Waals surface area contributed by atoms with Gasteiger partial charge in [0.05, 0.1) is 26.1 Å². The normalized spacial score (nSPS) is 33.0. The zero-order chi connectivity index (χ0) is 42.6. The summed E-state index contributed by atoms with van der Waals surface area (Å²) in [6, 6.07) is 2.15. The number of aromatic amines is 1. The van der Waals surface area contributed by atoms with E-state index >= 15 is 0 Å². The minimum atomic E-state index is -5.37. The number of nitrogen functional groups attached to an aromatic ring is 2. The van der Waals surface area contributed by atoms with Gasteiger partial charge < -0.3 is 61.0 Å². The van der Waals surface area contributed by atoms with Crippen LogP contribution < -0.4 is 28.4 Å². The third kappa shape index (κ3) is 8.63. The van der Waals surface area contributed by atoms with Crippen LogP contribution in [0.5, 0.6) is 0 Å². The zero-order valence-corrected chi connectivity index (χ0v) is 31.5. The standard InChI is InChI=1S/C28H36N10O19P2/c29-13-1-3-36(27(45)34-13)25-18(43)20(10(5-39)53-25)56-59(49,50)52-7-12-21(19(44)26(55-12)38-9-33-15-22(30)31-8-32-23(15)38)57-58(47,48)51-6-11-16(41)17(42)24(54-11)37-4-2-14(40)35-28(37)46/h1-4,8-12,16-21,24-26,39,41-44H,5-7H2,(H,47,48)(H,49,50)(H2,29,34,45)(H2,30,31,32)(H,35,40,46)/t10-,11-,12-,16-,17-,18-,19-,20-,21-,24-,25-,26-/m1/s1. The van der Waals surface area contributed by atoms with Crippen molar-refractivity contribution in [2.24, 2.45) is 0 Å². The maximum atomic E-state index is 13.3. The van der Waals surface area contributed by atoms with E-state index in [4.69, 9.17) is 43.8 Å². The summed E-state index contributed by atoms with van der Waals surface area (Å²) >= 11 is 0. The maximum Gasteiger partial charge on any atom is 0.472 e.